The Bertz CT molecular complexity index is 205. The summed E-state index contributed by atoms with van der Waals surface area (Å²) in [5, 5.41) is 8.93. The molecule has 0 bridgehead atoms. The molecule has 15 heavy (non-hydrogen) atoms. The number of carbonyl (C=O) groups is 1. The van der Waals surface area contributed by atoms with Gasteiger partial charge < -0.3 is 15.7 Å². The molecule has 1 saturated carbocycles. The van der Waals surface area contributed by atoms with Gasteiger partial charge in [-0.2, -0.15) is 0 Å². The van der Waals surface area contributed by atoms with E-state index >= 15 is 0 Å². The molecule has 1 unspecified atom stereocenters. The van der Waals surface area contributed by atoms with Crippen LogP contribution < -0.4 is 5.73 Å². The Hall–Kier alpha value is -0.610. The summed E-state index contributed by atoms with van der Waals surface area (Å²) in [6.45, 7) is 2.48. The lowest BCUT2D eigenvalue weighted by Crippen LogP contribution is -2.51. The zero-order chi connectivity index (χ0) is 11.3. The molecule has 0 aliphatic heterocycles. The lowest BCUT2D eigenvalue weighted by Gasteiger charge is -2.38. The molecule has 3 N–H and O–H groups in total. The average molecular weight is 214 g/mol. The molecular formula is C11H22N2O2. The first-order valence-electron chi connectivity index (χ1n) is 5.87. The van der Waals surface area contributed by atoms with Gasteiger partial charge in [0.2, 0.25) is 5.91 Å². The molecule has 0 saturated heterocycles. The molecule has 1 amide bonds. The number of aliphatic hydroxyl groups excluding tert-OH is 1. The molecule has 1 rings (SSSR count). The highest BCUT2D eigenvalue weighted by Gasteiger charge is 2.30. The first-order chi connectivity index (χ1) is 7.20. The number of hydrogen-bond acceptors (Lipinski definition) is 3. The van der Waals surface area contributed by atoms with Crippen molar-refractivity contribution >= 4 is 5.91 Å². The second-order valence-corrected chi connectivity index (χ2v) is 4.24. The Kier molecular flexibility index (Phi) is 5.05. The van der Waals surface area contributed by atoms with Crippen LogP contribution in [0.1, 0.15) is 39.0 Å². The van der Waals surface area contributed by atoms with Crippen molar-refractivity contribution in [3.63, 3.8) is 0 Å². The molecular weight excluding hydrogens is 192 g/mol. The van der Waals surface area contributed by atoms with Crippen molar-refractivity contribution in [3.05, 3.63) is 0 Å². The number of carbonyl (C=O) groups excluding carboxylic acids is 1. The maximum absolute atomic E-state index is 11.9. The topological polar surface area (TPSA) is 66.6 Å². The Morgan fingerprint density at radius 1 is 1.60 bits per heavy atom. The Morgan fingerprint density at radius 2 is 2.27 bits per heavy atom. The van der Waals surface area contributed by atoms with E-state index in [0.29, 0.717) is 12.6 Å². The molecule has 0 spiro atoms. The third-order valence-electron chi connectivity index (χ3n) is 3.06. The van der Waals surface area contributed by atoms with Gasteiger partial charge in [0.15, 0.2) is 0 Å². The van der Waals surface area contributed by atoms with Crippen molar-refractivity contribution in [2.75, 3.05) is 13.2 Å². The molecule has 1 aliphatic carbocycles. The first-order valence-corrected chi connectivity index (χ1v) is 5.87. The Morgan fingerprint density at radius 3 is 2.67 bits per heavy atom. The molecule has 4 nitrogen and oxygen atoms in total. The van der Waals surface area contributed by atoms with Gasteiger partial charge in [0.25, 0.3) is 0 Å². The fourth-order valence-corrected chi connectivity index (χ4v) is 1.93. The SMILES string of the molecule is CCCC(N)C(=O)N(CCO)C1CCC1. The van der Waals surface area contributed by atoms with Gasteiger partial charge in [0, 0.05) is 12.6 Å². The van der Waals surface area contributed by atoms with Crippen LogP contribution in [-0.2, 0) is 4.79 Å². The highest BCUT2D eigenvalue weighted by Crippen LogP contribution is 2.25. The zero-order valence-corrected chi connectivity index (χ0v) is 9.48. The summed E-state index contributed by atoms with van der Waals surface area (Å²) in [5.41, 5.74) is 5.80. The monoisotopic (exact) mass is 214 g/mol. The summed E-state index contributed by atoms with van der Waals surface area (Å²) in [6, 6.07) is -0.0605. The van der Waals surface area contributed by atoms with Crippen LogP contribution in [0.5, 0.6) is 0 Å². The average Bonchev–Trinajstić information content (AvgIpc) is 2.13. The molecule has 0 aromatic rings. The van der Waals surface area contributed by atoms with Crippen molar-refractivity contribution in [2.45, 2.75) is 51.1 Å². The first kappa shape index (κ1) is 12.5. The van der Waals surface area contributed by atoms with E-state index in [1.807, 2.05) is 6.92 Å². The summed E-state index contributed by atoms with van der Waals surface area (Å²) < 4.78 is 0. The number of nitrogens with two attached hydrogens (primary N) is 1. The quantitative estimate of drug-likeness (QED) is 0.676. The maximum atomic E-state index is 11.9. The van der Waals surface area contributed by atoms with E-state index in [4.69, 9.17) is 10.8 Å². The zero-order valence-electron chi connectivity index (χ0n) is 9.48. The molecule has 1 aliphatic rings. The van der Waals surface area contributed by atoms with Crippen LogP contribution in [0.15, 0.2) is 0 Å². The van der Waals surface area contributed by atoms with Crippen LogP contribution in [0.3, 0.4) is 0 Å². The summed E-state index contributed by atoms with van der Waals surface area (Å²) in [4.78, 5) is 13.7. The van der Waals surface area contributed by atoms with Crippen LogP contribution in [-0.4, -0.2) is 41.1 Å². The van der Waals surface area contributed by atoms with Crippen molar-refractivity contribution in [1.82, 2.24) is 4.90 Å². The van der Waals surface area contributed by atoms with E-state index in [1.165, 1.54) is 6.42 Å². The number of aliphatic hydroxyl groups is 1. The number of nitrogens with zero attached hydrogens (tertiary/aromatic N) is 1. The van der Waals surface area contributed by atoms with Crippen molar-refractivity contribution in [3.8, 4) is 0 Å². The van der Waals surface area contributed by atoms with E-state index in [9.17, 15) is 4.79 Å². The number of hydrogen-bond donors (Lipinski definition) is 2. The fourth-order valence-electron chi connectivity index (χ4n) is 1.93. The summed E-state index contributed by atoms with van der Waals surface area (Å²) in [7, 11) is 0. The summed E-state index contributed by atoms with van der Waals surface area (Å²) in [5.74, 6) is 0.00981. The van der Waals surface area contributed by atoms with Gasteiger partial charge in [0.1, 0.15) is 0 Å². The van der Waals surface area contributed by atoms with Gasteiger partial charge >= 0.3 is 0 Å². The number of amides is 1. The molecule has 88 valence electrons. The lowest BCUT2D eigenvalue weighted by atomic mass is 9.91. The minimum absolute atomic E-state index is 0.00981. The van der Waals surface area contributed by atoms with E-state index in [-0.39, 0.29) is 18.6 Å². The molecule has 4 heteroatoms. The van der Waals surface area contributed by atoms with Crippen LogP contribution in [0.25, 0.3) is 0 Å². The van der Waals surface area contributed by atoms with Crippen LogP contribution in [0.2, 0.25) is 0 Å². The van der Waals surface area contributed by atoms with Crippen molar-refractivity contribution in [2.24, 2.45) is 5.73 Å². The van der Waals surface area contributed by atoms with Gasteiger partial charge in [-0.15, -0.1) is 0 Å². The van der Waals surface area contributed by atoms with Crippen molar-refractivity contribution in [1.29, 1.82) is 0 Å². The summed E-state index contributed by atoms with van der Waals surface area (Å²) >= 11 is 0. The third kappa shape index (κ3) is 3.18. The smallest absolute Gasteiger partial charge is 0.239 e. The van der Waals surface area contributed by atoms with Gasteiger partial charge in [0.05, 0.1) is 12.6 Å². The fraction of sp³-hybridized carbons (Fsp3) is 0.909. The standard InChI is InChI=1S/C11H22N2O2/c1-2-4-10(12)11(15)13(7-8-14)9-5-3-6-9/h9-10,14H,2-8,12H2,1H3. The molecule has 0 radical (unpaired) electrons. The molecule has 0 heterocycles. The lowest BCUT2D eigenvalue weighted by molar-refractivity contribution is -0.137. The van der Waals surface area contributed by atoms with Gasteiger partial charge in [-0.3, -0.25) is 4.79 Å². The largest absolute Gasteiger partial charge is 0.395 e. The van der Waals surface area contributed by atoms with Gasteiger partial charge in [-0.05, 0) is 25.7 Å². The molecule has 1 fully saturated rings. The minimum Gasteiger partial charge on any atom is -0.395 e. The van der Waals surface area contributed by atoms with Gasteiger partial charge in [-0.25, -0.2) is 0 Å². The summed E-state index contributed by atoms with van der Waals surface area (Å²) in [6.07, 6.45) is 4.95. The highest BCUT2D eigenvalue weighted by atomic mass is 16.3. The maximum Gasteiger partial charge on any atom is 0.239 e. The van der Waals surface area contributed by atoms with Crippen LogP contribution >= 0.6 is 0 Å². The normalized spacial score (nSPS) is 18.3. The second kappa shape index (κ2) is 6.08. The van der Waals surface area contributed by atoms with Gasteiger partial charge in [-0.1, -0.05) is 13.3 Å². The van der Waals surface area contributed by atoms with Crippen molar-refractivity contribution < 1.29 is 9.90 Å². The predicted octanol–water partition coefficient (Wildman–Crippen LogP) is 0.487. The van der Waals surface area contributed by atoms with Crippen LogP contribution in [0.4, 0.5) is 0 Å². The molecule has 0 aromatic heterocycles. The highest BCUT2D eigenvalue weighted by molar-refractivity contribution is 5.82. The van der Waals surface area contributed by atoms with E-state index < -0.39 is 0 Å². The number of rotatable bonds is 6. The molecule has 0 aromatic carbocycles. The van der Waals surface area contributed by atoms with E-state index in [2.05, 4.69) is 0 Å². The Balaban J connectivity index is 2.49. The Labute approximate surface area is 91.4 Å². The van der Waals surface area contributed by atoms with E-state index in [1.54, 1.807) is 4.90 Å². The third-order valence-corrected chi connectivity index (χ3v) is 3.06. The predicted molar refractivity (Wildman–Crippen MR) is 59.3 cm³/mol. The van der Waals surface area contributed by atoms with Crippen LogP contribution in [0, 0.1) is 0 Å². The minimum atomic E-state index is -0.387. The molecule has 1 atom stereocenters. The second-order valence-electron chi connectivity index (χ2n) is 4.24. The van der Waals surface area contributed by atoms with E-state index in [0.717, 1.165) is 25.7 Å².